The van der Waals surface area contributed by atoms with Crippen LogP contribution in [0, 0.1) is 12.7 Å². The monoisotopic (exact) mass is 624 g/mol. The molecule has 0 radical (unpaired) electrons. The molecular weight excluding hydrogens is 594 g/mol. The van der Waals surface area contributed by atoms with Crippen molar-refractivity contribution in [3.05, 3.63) is 57.8 Å². The van der Waals surface area contributed by atoms with Crippen LogP contribution in [0.3, 0.4) is 0 Å². The quantitative estimate of drug-likeness (QED) is 0.296. The molecule has 226 valence electrons. The van der Waals surface area contributed by atoms with E-state index in [1.165, 1.54) is 12.1 Å². The molecule has 0 saturated heterocycles. The lowest BCUT2D eigenvalue weighted by atomic mass is 9.59. The van der Waals surface area contributed by atoms with Crippen LogP contribution < -0.4 is 20.1 Å². The van der Waals surface area contributed by atoms with Crippen molar-refractivity contribution in [3.8, 4) is 11.5 Å². The smallest absolute Gasteiger partial charge is 0.306 e. The van der Waals surface area contributed by atoms with Crippen molar-refractivity contribution in [1.82, 2.24) is 10.6 Å². The fourth-order valence-electron chi connectivity index (χ4n) is 5.43. The van der Waals surface area contributed by atoms with Crippen molar-refractivity contribution in [2.45, 2.75) is 69.1 Å². The number of fused-ring (bicyclic) bond motifs is 3. The van der Waals surface area contributed by atoms with Crippen LogP contribution in [-0.2, 0) is 23.9 Å². The summed E-state index contributed by atoms with van der Waals surface area (Å²) in [6.45, 7) is 1.16. The predicted molar refractivity (Wildman–Crippen MR) is 150 cm³/mol. The van der Waals surface area contributed by atoms with E-state index in [-0.39, 0.29) is 36.1 Å². The molecule has 2 aromatic carbocycles. The third-order valence-electron chi connectivity index (χ3n) is 7.66. The second kappa shape index (κ2) is 13.2. The number of carbonyl (C=O) groups excluding carboxylic acids is 3. The molecule has 2 amide bonds. The highest BCUT2D eigenvalue weighted by molar-refractivity contribution is 6.31. The lowest BCUT2D eigenvalue weighted by molar-refractivity contribution is -0.168. The number of carboxylic acids is 1. The summed E-state index contributed by atoms with van der Waals surface area (Å²) >= 11 is 11.7. The number of rotatable bonds is 12. The van der Waals surface area contributed by atoms with E-state index in [0.717, 1.165) is 11.6 Å². The number of aryl methyl sites for hydroxylation is 1. The van der Waals surface area contributed by atoms with E-state index in [1.54, 1.807) is 18.2 Å². The Balaban J connectivity index is 1.41. The van der Waals surface area contributed by atoms with Crippen LogP contribution in [0.15, 0.2) is 36.4 Å². The highest BCUT2D eigenvalue weighted by Crippen LogP contribution is 2.48. The SMILES string of the molecule is Cc1cc(OCC(=O)NC23CCC(NC(=O)COc4ccc(Cl)c(F)c4)(CC2)[C@@H](OC(=O)CCC(=O)O)C3)ccc1Cl. The Labute approximate surface area is 251 Å². The molecule has 0 heterocycles. The highest BCUT2D eigenvalue weighted by atomic mass is 35.5. The van der Waals surface area contributed by atoms with Gasteiger partial charge in [-0.2, -0.15) is 0 Å². The maximum absolute atomic E-state index is 13.7. The first-order valence-corrected chi connectivity index (χ1v) is 14.1. The van der Waals surface area contributed by atoms with Gasteiger partial charge in [0.2, 0.25) is 0 Å². The number of amides is 2. The Hall–Kier alpha value is -3.57. The average Bonchev–Trinajstić information content (AvgIpc) is 2.94. The van der Waals surface area contributed by atoms with E-state index in [4.69, 9.17) is 42.5 Å². The number of esters is 1. The van der Waals surface area contributed by atoms with E-state index < -0.39 is 53.9 Å². The number of carbonyl (C=O) groups is 4. The fraction of sp³-hybridized carbons (Fsp3) is 0.448. The number of hydrogen-bond donors (Lipinski definition) is 3. The molecule has 0 aliphatic heterocycles. The zero-order valence-electron chi connectivity index (χ0n) is 22.8. The predicted octanol–water partition coefficient (Wildman–Crippen LogP) is 4.36. The Morgan fingerprint density at radius 2 is 1.50 bits per heavy atom. The number of carboxylic acid groups (broad SMARTS) is 1. The molecule has 3 saturated carbocycles. The lowest BCUT2D eigenvalue weighted by Gasteiger charge is -2.57. The van der Waals surface area contributed by atoms with Crippen LogP contribution >= 0.6 is 23.2 Å². The normalized spacial score (nSPS) is 22.6. The van der Waals surface area contributed by atoms with Gasteiger partial charge in [-0.3, -0.25) is 19.2 Å². The first kappa shape index (κ1) is 31.4. The van der Waals surface area contributed by atoms with E-state index in [0.29, 0.717) is 36.5 Å². The second-order valence-electron chi connectivity index (χ2n) is 10.7. The molecule has 3 fully saturated rings. The molecule has 1 atom stereocenters. The molecule has 5 rings (SSSR count). The van der Waals surface area contributed by atoms with E-state index in [9.17, 15) is 23.6 Å². The number of nitrogens with one attached hydrogen (secondary N) is 2. The molecular formula is C29H31Cl2FN2O8. The van der Waals surface area contributed by atoms with Crippen molar-refractivity contribution in [2.24, 2.45) is 0 Å². The summed E-state index contributed by atoms with van der Waals surface area (Å²) in [5.41, 5.74) is -0.851. The molecule has 0 aromatic heterocycles. The van der Waals surface area contributed by atoms with Gasteiger partial charge in [0.05, 0.1) is 23.4 Å². The van der Waals surface area contributed by atoms with Gasteiger partial charge in [0, 0.05) is 23.0 Å². The van der Waals surface area contributed by atoms with Crippen molar-refractivity contribution in [3.63, 3.8) is 0 Å². The molecule has 42 heavy (non-hydrogen) atoms. The number of benzene rings is 2. The molecule has 10 nitrogen and oxygen atoms in total. The van der Waals surface area contributed by atoms with Gasteiger partial charge in [0.25, 0.3) is 11.8 Å². The van der Waals surface area contributed by atoms with Crippen molar-refractivity contribution < 1.29 is 42.9 Å². The summed E-state index contributed by atoms with van der Waals surface area (Å²) in [5, 5.41) is 15.4. The maximum Gasteiger partial charge on any atom is 0.306 e. The highest BCUT2D eigenvalue weighted by Gasteiger charge is 2.57. The van der Waals surface area contributed by atoms with Crippen LogP contribution in [0.4, 0.5) is 4.39 Å². The molecule has 0 unspecified atom stereocenters. The van der Waals surface area contributed by atoms with E-state index in [2.05, 4.69) is 10.6 Å². The minimum Gasteiger partial charge on any atom is -0.484 e. The third-order valence-corrected chi connectivity index (χ3v) is 8.39. The van der Waals surface area contributed by atoms with Gasteiger partial charge in [-0.05, 0) is 68.5 Å². The second-order valence-corrected chi connectivity index (χ2v) is 11.5. The minimum absolute atomic E-state index is 0.0788. The molecule has 3 aliphatic rings. The number of halogens is 3. The number of ether oxygens (including phenoxy) is 3. The molecule has 2 bridgehead atoms. The standard InChI is InChI=1S/C29H31Cl2FN2O8/c1-17-12-18(2-4-20(17)30)40-15-24(35)33-28-8-10-29(11-9-28,23(14-28)42-27(39)7-6-26(37)38)34-25(36)16-41-19-3-5-21(31)22(32)13-19/h2-5,12-13,23H,6-11,14-16H2,1H3,(H,33,35)(H,34,36)(H,37,38)/t23-,28?,29?/m0/s1. The van der Waals surface area contributed by atoms with Gasteiger partial charge in [-0.15, -0.1) is 0 Å². The summed E-state index contributed by atoms with van der Waals surface area (Å²) in [4.78, 5) is 49.3. The fourth-order valence-corrected chi connectivity index (χ4v) is 5.67. The summed E-state index contributed by atoms with van der Waals surface area (Å²) in [7, 11) is 0. The molecule has 0 spiro atoms. The topological polar surface area (TPSA) is 140 Å². The summed E-state index contributed by atoms with van der Waals surface area (Å²) in [6, 6.07) is 8.88. The Kier molecular flexibility index (Phi) is 9.83. The first-order valence-electron chi connectivity index (χ1n) is 13.4. The van der Waals surface area contributed by atoms with E-state index >= 15 is 0 Å². The van der Waals surface area contributed by atoms with Gasteiger partial charge in [-0.25, -0.2) is 4.39 Å². The lowest BCUT2D eigenvalue weighted by Crippen LogP contribution is -2.71. The summed E-state index contributed by atoms with van der Waals surface area (Å²) in [5.74, 6) is -2.82. The molecule has 3 aliphatic carbocycles. The summed E-state index contributed by atoms with van der Waals surface area (Å²) < 4.78 is 30.5. The van der Waals surface area contributed by atoms with Gasteiger partial charge < -0.3 is 30.0 Å². The van der Waals surface area contributed by atoms with Crippen LogP contribution in [-0.4, -0.2) is 59.3 Å². The van der Waals surface area contributed by atoms with Crippen LogP contribution in [0.25, 0.3) is 0 Å². The van der Waals surface area contributed by atoms with Gasteiger partial charge in [0.1, 0.15) is 23.4 Å². The van der Waals surface area contributed by atoms with Crippen LogP contribution in [0.2, 0.25) is 10.0 Å². The average molecular weight is 625 g/mol. The zero-order valence-corrected chi connectivity index (χ0v) is 24.4. The maximum atomic E-state index is 13.7. The van der Waals surface area contributed by atoms with Crippen molar-refractivity contribution in [2.75, 3.05) is 13.2 Å². The number of aliphatic carboxylic acids is 1. The number of hydrogen-bond acceptors (Lipinski definition) is 7. The van der Waals surface area contributed by atoms with Gasteiger partial charge in [-0.1, -0.05) is 23.2 Å². The van der Waals surface area contributed by atoms with E-state index in [1.807, 2.05) is 6.92 Å². The van der Waals surface area contributed by atoms with Crippen molar-refractivity contribution in [1.29, 1.82) is 0 Å². The summed E-state index contributed by atoms with van der Waals surface area (Å²) in [6.07, 6.45) is 0.372. The van der Waals surface area contributed by atoms with Crippen LogP contribution in [0.1, 0.15) is 50.5 Å². The molecule has 13 heteroatoms. The minimum atomic E-state index is -1.14. The Morgan fingerprint density at radius 3 is 2.10 bits per heavy atom. The first-order chi connectivity index (χ1) is 19.9. The molecule has 3 N–H and O–H groups in total. The van der Waals surface area contributed by atoms with Gasteiger partial charge >= 0.3 is 11.9 Å². The largest absolute Gasteiger partial charge is 0.484 e. The molecule has 2 aromatic rings. The Bertz CT molecular complexity index is 1360. The third kappa shape index (κ3) is 7.83. The van der Waals surface area contributed by atoms with Crippen molar-refractivity contribution >= 4 is 47.0 Å². The van der Waals surface area contributed by atoms with Crippen LogP contribution in [0.5, 0.6) is 11.5 Å². The zero-order chi connectivity index (χ0) is 30.5. The van der Waals surface area contributed by atoms with Gasteiger partial charge in [0.15, 0.2) is 13.2 Å². The Morgan fingerprint density at radius 1 is 0.905 bits per heavy atom.